The number of carbonyl (C=O) groups excluding carboxylic acids is 1. The summed E-state index contributed by atoms with van der Waals surface area (Å²) >= 11 is 6.20. The lowest BCUT2D eigenvalue weighted by Gasteiger charge is -2.35. The molecule has 0 saturated carbocycles. The van der Waals surface area contributed by atoms with Crippen molar-refractivity contribution in [2.75, 3.05) is 38.2 Å². The van der Waals surface area contributed by atoms with Crippen molar-refractivity contribution in [3.8, 4) is 17.2 Å². The summed E-state index contributed by atoms with van der Waals surface area (Å²) in [5.41, 5.74) is 0.793. The van der Waals surface area contributed by atoms with Gasteiger partial charge in [-0.25, -0.2) is 4.98 Å². The summed E-state index contributed by atoms with van der Waals surface area (Å²) in [4.78, 5) is 29.4. The number of benzene rings is 1. The lowest BCUT2D eigenvalue weighted by molar-refractivity contribution is -0.131. The Morgan fingerprint density at radius 2 is 1.97 bits per heavy atom. The van der Waals surface area contributed by atoms with E-state index >= 15 is 0 Å². The summed E-state index contributed by atoms with van der Waals surface area (Å²) in [6.45, 7) is 2.66. The number of methoxy groups -OCH3 is 1. The number of amides is 1. The lowest BCUT2D eigenvalue weighted by Crippen LogP contribution is -2.49. The number of anilines is 1. The molecule has 0 radical (unpaired) electrons. The summed E-state index contributed by atoms with van der Waals surface area (Å²) < 4.78 is 10.9. The third-order valence-electron chi connectivity index (χ3n) is 5.01. The molecule has 0 N–H and O–H groups in total. The first-order valence-corrected chi connectivity index (χ1v) is 10.1. The Morgan fingerprint density at radius 3 is 2.73 bits per heavy atom. The van der Waals surface area contributed by atoms with Crippen molar-refractivity contribution < 1.29 is 13.9 Å². The van der Waals surface area contributed by atoms with Crippen LogP contribution in [0.5, 0.6) is 5.88 Å². The molecule has 30 heavy (non-hydrogen) atoms. The van der Waals surface area contributed by atoms with Crippen LogP contribution in [0.25, 0.3) is 11.3 Å². The number of nitrogens with zero attached hydrogens (tertiary/aromatic N) is 5. The first-order valence-electron chi connectivity index (χ1n) is 9.72. The number of aromatic nitrogens is 3. The Morgan fingerprint density at radius 1 is 1.17 bits per heavy atom. The maximum Gasteiger partial charge on any atom is 0.233 e. The molecule has 8 nitrogen and oxygen atoms in total. The molecule has 0 bridgehead atoms. The minimum Gasteiger partial charge on any atom is -0.480 e. The second kappa shape index (κ2) is 9.13. The van der Waals surface area contributed by atoms with Gasteiger partial charge in [0.1, 0.15) is 0 Å². The van der Waals surface area contributed by atoms with Crippen molar-refractivity contribution >= 4 is 23.3 Å². The molecular weight excluding hydrogens is 406 g/mol. The summed E-state index contributed by atoms with van der Waals surface area (Å²) in [5.74, 6) is 2.46. The molecule has 1 aromatic carbocycles. The Bertz CT molecular complexity index is 1020. The van der Waals surface area contributed by atoms with Gasteiger partial charge in [0.15, 0.2) is 17.5 Å². The Labute approximate surface area is 179 Å². The Kier molecular flexibility index (Phi) is 6.13. The van der Waals surface area contributed by atoms with E-state index in [1.807, 2.05) is 23.1 Å². The first-order chi connectivity index (χ1) is 14.6. The predicted molar refractivity (Wildman–Crippen MR) is 113 cm³/mol. The van der Waals surface area contributed by atoms with Gasteiger partial charge in [0.05, 0.1) is 30.7 Å². The number of halogens is 1. The van der Waals surface area contributed by atoms with E-state index in [0.29, 0.717) is 61.6 Å². The molecule has 1 saturated heterocycles. The highest BCUT2D eigenvalue weighted by molar-refractivity contribution is 6.33. The van der Waals surface area contributed by atoms with Gasteiger partial charge in [-0.15, -0.1) is 0 Å². The van der Waals surface area contributed by atoms with Crippen LogP contribution in [0.2, 0.25) is 5.02 Å². The molecule has 3 aromatic rings. The Hall–Kier alpha value is -3.13. The van der Waals surface area contributed by atoms with E-state index in [9.17, 15) is 4.79 Å². The van der Waals surface area contributed by atoms with Crippen molar-refractivity contribution in [1.82, 2.24) is 19.9 Å². The van der Waals surface area contributed by atoms with Crippen LogP contribution in [0.1, 0.15) is 12.3 Å². The van der Waals surface area contributed by atoms with Crippen LogP contribution in [0.4, 0.5) is 5.82 Å². The molecule has 2 aromatic heterocycles. The van der Waals surface area contributed by atoms with Crippen LogP contribution < -0.4 is 9.64 Å². The molecule has 0 spiro atoms. The van der Waals surface area contributed by atoms with E-state index in [-0.39, 0.29) is 5.91 Å². The second-order valence-electron chi connectivity index (χ2n) is 6.89. The van der Waals surface area contributed by atoms with Gasteiger partial charge < -0.3 is 19.0 Å². The standard InChI is InChI=1S/C21H22ClN5O3/c1-29-20-14-23-13-18(25-20)26-8-10-27(11-9-26)21(28)7-6-19-24-12-17(30-19)15-4-2-3-5-16(15)22/h2-5,12-14H,6-11H2,1H3. The average molecular weight is 428 g/mol. The SMILES string of the molecule is COc1cncc(N2CCN(C(=O)CCc3ncc(-c4ccccc4Cl)o3)CC2)n1. The molecule has 0 aliphatic carbocycles. The molecular formula is C21H22ClN5O3. The predicted octanol–water partition coefficient (Wildman–Crippen LogP) is 3.08. The molecule has 1 fully saturated rings. The molecule has 156 valence electrons. The smallest absolute Gasteiger partial charge is 0.233 e. The second-order valence-corrected chi connectivity index (χ2v) is 7.29. The molecule has 1 amide bonds. The van der Waals surface area contributed by atoms with Crippen LogP contribution in [-0.4, -0.2) is 59.0 Å². The quantitative estimate of drug-likeness (QED) is 0.597. The third kappa shape index (κ3) is 4.54. The van der Waals surface area contributed by atoms with Crippen LogP contribution in [0.15, 0.2) is 47.3 Å². The zero-order chi connectivity index (χ0) is 20.9. The van der Waals surface area contributed by atoms with Gasteiger partial charge in [0.25, 0.3) is 0 Å². The highest BCUT2D eigenvalue weighted by atomic mass is 35.5. The third-order valence-corrected chi connectivity index (χ3v) is 5.34. The van der Waals surface area contributed by atoms with Crippen molar-refractivity contribution in [1.29, 1.82) is 0 Å². The highest BCUT2D eigenvalue weighted by Gasteiger charge is 2.22. The summed E-state index contributed by atoms with van der Waals surface area (Å²) in [6, 6.07) is 7.44. The fraction of sp³-hybridized carbons (Fsp3) is 0.333. The van der Waals surface area contributed by atoms with E-state index in [1.54, 1.807) is 31.8 Å². The zero-order valence-electron chi connectivity index (χ0n) is 16.6. The normalized spacial score (nSPS) is 14.1. The minimum absolute atomic E-state index is 0.0869. The monoisotopic (exact) mass is 427 g/mol. The van der Waals surface area contributed by atoms with Crippen LogP contribution in [-0.2, 0) is 11.2 Å². The lowest BCUT2D eigenvalue weighted by atomic mass is 10.2. The van der Waals surface area contributed by atoms with Crippen molar-refractivity contribution in [3.05, 3.63) is 53.8 Å². The number of hydrogen-bond donors (Lipinski definition) is 0. The van der Waals surface area contributed by atoms with Crippen molar-refractivity contribution in [3.63, 3.8) is 0 Å². The maximum absolute atomic E-state index is 12.6. The summed E-state index contributed by atoms with van der Waals surface area (Å²) in [6.07, 6.45) is 5.73. The minimum atomic E-state index is 0.0869. The number of ether oxygens (including phenoxy) is 1. The molecule has 1 aliphatic heterocycles. The zero-order valence-corrected chi connectivity index (χ0v) is 17.4. The van der Waals surface area contributed by atoms with E-state index in [1.165, 1.54) is 0 Å². The molecule has 9 heteroatoms. The average Bonchev–Trinajstić information content (AvgIpc) is 3.27. The molecule has 4 rings (SSSR count). The van der Waals surface area contributed by atoms with E-state index in [0.717, 1.165) is 11.4 Å². The number of hydrogen-bond acceptors (Lipinski definition) is 7. The van der Waals surface area contributed by atoms with Crippen molar-refractivity contribution in [2.24, 2.45) is 0 Å². The summed E-state index contributed by atoms with van der Waals surface area (Å²) in [7, 11) is 1.57. The number of carbonyl (C=O) groups is 1. The number of piperazine rings is 1. The Balaban J connectivity index is 1.29. The summed E-state index contributed by atoms with van der Waals surface area (Å²) in [5, 5.41) is 0.606. The molecule has 3 heterocycles. The van der Waals surface area contributed by atoms with Gasteiger partial charge in [0, 0.05) is 44.6 Å². The maximum atomic E-state index is 12.6. The van der Waals surface area contributed by atoms with Gasteiger partial charge >= 0.3 is 0 Å². The van der Waals surface area contributed by atoms with Gasteiger partial charge in [-0.05, 0) is 12.1 Å². The van der Waals surface area contributed by atoms with E-state index in [2.05, 4.69) is 19.9 Å². The number of rotatable bonds is 6. The molecule has 1 aliphatic rings. The van der Waals surface area contributed by atoms with E-state index < -0.39 is 0 Å². The van der Waals surface area contributed by atoms with Gasteiger partial charge in [-0.2, -0.15) is 4.98 Å². The first kappa shape index (κ1) is 20.2. The van der Waals surface area contributed by atoms with Crippen LogP contribution >= 0.6 is 11.6 Å². The topological polar surface area (TPSA) is 84.6 Å². The van der Waals surface area contributed by atoms with Gasteiger partial charge in [-0.1, -0.05) is 23.7 Å². The number of oxazole rings is 1. The van der Waals surface area contributed by atoms with Crippen LogP contribution in [0.3, 0.4) is 0 Å². The number of aryl methyl sites for hydroxylation is 1. The van der Waals surface area contributed by atoms with Gasteiger partial charge in [-0.3, -0.25) is 9.78 Å². The molecule has 0 atom stereocenters. The van der Waals surface area contributed by atoms with Crippen LogP contribution in [0, 0.1) is 0 Å². The van der Waals surface area contributed by atoms with Gasteiger partial charge in [0.2, 0.25) is 11.8 Å². The highest BCUT2D eigenvalue weighted by Crippen LogP contribution is 2.28. The van der Waals surface area contributed by atoms with Crippen molar-refractivity contribution in [2.45, 2.75) is 12.8 Å². The fourth-order valence-corrected chi connectivity index (χ4v) is 3.59. The fourth-order valence-electron chi connectivity index (χ4n) is 3.36. The van der Waals surface area contributed by atoms with E-state index in [4.69, 9.17) is 20.8 Å². The largest absolute Gasteiger partial charge is 0.480 e. The molecule has 0 unspecified atom stereocenters.